The van der Waals surface area contributed by atoms with Crippen LogP contribution in [0.1, 0.15) is 11.1 Å². The second-order valence-electron chi connectivity index (χ2n) is 5.83. The van der Waals surface area contributed by atoms with Gasteiger partial charge >= 0.3 is 0 Å². The van der Waals surface area contributed by atoms with Gasteiger partial charge in [0.05, 0.1) is 26.3 Å². The molecule has 23 heavy (non-hydrogen) atoms. The van der Waals surface area contributed by atoms with E-state index in [1.54, 1.807) is 7.05 Å². The van der Waals surface area contributed by atoms with Gasteiger partial charge in [0.15, 0.2) is 0 Å². The highest BCUT2D eigenvalue weighted by Crippen LogP contribution is 2.37. The minimum Gasteiger partial charge on any atom is -0.376 e. The number of rotatable bonds is 1. The summed E-state index contributed by atoms with van der Waals surface area (Å²) in [6.07, 6.45) is 0. The lowest BCUT2D eigenvalue weighted by Gasteiger charge is -2.18. The molecule has 0 fully saturated rings. The second kappa shape index (κ2) is 5.65. The standard InChI is InChI=1S/C17H18ClN3OS/c1-8-6-11-17(15(22)13(8)19-3)23-16-10(20-11)7-9(2)14(12(16)18)21(4)5/h6-7,20H,1-5H3. The molecule has 0 atom stereocenters. The molecule has 1 aliphatic heterocycles. The average Bonchev–Trinajstić information content (AvgIpc) is 2.46. The summed E-state index contributed by atoms with van der Waals surface area (Å²) >= 11 is 8.04. The van der Waals surface area contributed by atoms with Gasteiger partial charge in [0, 0.05) is 21.1 Å². The zero-order valence-corrected chi connectivity index (χ0v) is 15.3. The normalized spacial score (nSPS) is 12.3. The lowest BCUT2D eigenvalue weighted by atomic mass is 10.1. The number of nitrogens with one attached hydrogen (secondary N) is 1. The van der Waals surface area contributed by atoms with Gasteiger partial charge in [0.1, 0.15) is 9.89 Å². The Labute approximate surface area is 142 Å². The van der Waals surface area contributed by atoms with E-state index < -0.39 is 0 Å². The Morgan fingerprint density at radius 3 is 2.52 bits per heavy atom. The molecule has 0 spiro atoms. The molecule has 1 N–H and O–H groups in total. The molecular weight excluding hydrogens is 330 g/mol. The van der Waals surface area contributed by atoms with Gasteiger partial charge in [-0.2, -0.15) is 0 Å². The van der Waals surface area contributed by atoms with Crippen LogP contribution in [-0.4, -0.2) is 26.1 Å². The molecule has 1 aliphatic carbocycles. The molecule has 2 aliphatic rings. The van der Waals surface area contributed by atoms with Gasteiger partial charge in [0.2, 0.25) is 5.43 Å². The minimum absolute atomic E-state index is 0.0475. The SMILES string of the molecule is CN=c1c(C)cc2[nH]c3cc(C)c(N(C)C)c(Cl)c3sc=2c1=O. The van der Waals surface area contributed by atoms with Gasteiger partial charge in [-0.15, -0.1) is 11.3 Å². The predicted octanol–water partition coefficient (Wildman–Crippen LogP) is 3.18. The fourth-order valence-electron chi connectivity index (χ4n) is 2.97. The molecule has 1 aromatic carbocycles. The van der Waals surface area contributed by atoms with E-state index in [-0.39, 0.29) is 5.43 Å². The van der Waals surface area contributed by atoms with E-state index in [1.165, 1.54) is 11.3 Å². The minimum atomic E-state index is -0.0475. The zero-order valence-electron chi connectivity index (χ0n) is 13.7. The topological polar surface area (TPSA) is 48.5 Å². The van der Waals surface area contributed by atoms with Crippen LogP contribution < -0.4 is 15.7 Å². The van der Waals surface area contributed by atoms with E-state index in [2.05, 4.69) is 16.0 Å². The maximum atomic E-state index is 12.7. The molecule has 1 heterocycles. The van der Waals surface area contributed by atoms with Crippen LogP contribution in [0.4, 0.5) is 5.69 Å². The Hall–Kier alpha value is -1.85. The van der Waals surface area contributed by atoms with Crippen LogP contribution in [0.3, 0.4) is 0 Å². The third-order valence-corrected chi connectivity index (χ3v) is 5.65. The van der Waals surface area contributed by atoms with Crippen molar-refractivity contribution in [3.63, 3.8) is 0 Å². The lowest BCUT2D eigenvalue weighted by molar-refractivity contribution is 1.12. The number of benzene rings is 1. The summed E-state index contributed by atoms with van der Waals surface area (Å²) < 4.78 is 1.54. The van der Waals surface area contributed by atoms with Gasteiger partial charge in [-0.05, 0) is 37.1 Å². The van der Waals surface area contributed by atoms with Crippen LogP contribution in [0.25, 0.3) is 10.2 Å². The van der Waals surface area contributed by atoms with Crippen LogP contribution in [-0.2, 0) is 0 Å². The monoisotopic (exact) mass is 347 g/mol. The van der Waals surface area contributed by atoms with E-state index in [1.807, 2.05) is 38.9 Å². The van der Waals surface area contributed by atoms with Crippen molar-refractivity contribution < 1.29 is 0 Å². The second-order valence-corrected chi connectivity index (χ2v) is 7.22. The number of hydrogen-bond donors (Lipinski definition) is 1. The van der Waals surface area contributed by atoms with Crippen molar-refractivity contribution in [2.45, 2.75) is 13.8 Å². The van der Waals surface area contributed by atoms with E-state index in [4.69, 9.17) is 11.6 Å². The first-order valence-corrected chi connectivity index (χ1v) is 8.44. The molecule has 0 saturated heterocycles. The molecule has 0 aromatic heterocycles. The highest BCUT2D eigenvalue weighted by Gasteiger charge is 2.13. The van der Waals surface area contributed by atoms with Crippen molar-refractivity contribution in [2.75, 3.05) is 26.0 Å². The molecular formula is C17H18ClN3OS. The van der Waals surface area contributed by atoms with E-state index in [0.717, 1.165) is 32.4 Å². The van der Waals surface area contributed by atoms with Crippen LogP contribution in [0.2, 0.25) is 5.02 Å². The Bertz CT molecular complexity index is 1110. The van der Waals surface area contributed by atoms with Gasteiger partial charge in [-0.3, -0.25) is 9.79 Å². The average molecular weight is 348 g/mol. The summed E-state index contributed by atoms with van der Waals surface area (Å²) in [5, 5.41) is 2.01. The molecule has 4 nitrogen and oxygen atoms in total. The number of H-pyrrole nitrogens is 1. The number of aromatic nitrogens is 1. The number of aromatic amines is 1. The fourth-order valence-corrected chi connectivity index (χ4v) is 4.52. The van der Waals surface area contributed by atoms with Crippen molar-refractivity contribution in [1.29, 1.82) is 0 Å². The molecule has 0 bridgehead atoms. The Morgan fingerprint density at radius 2 is 1.91 bits per heavy atom. The Morgan fingerprint density at radius 1 is 1.22 bits per heavy atom. The van der Waals surface area contributed by atoms with Crippen molar-refractivity contribution >= 4 is 38.8 Å². The summed E-state index contributed by atoms with van der Waals surface area (Å²) in [5.74, 6) is 0. The summed E-state index contributed by atoms with van der Waals surface area (Å²) in [6.45, 7) is 3.94. The fraction of sp³-hybridized carbons (Fsp3) is 0.294. The van der Waals surface area contributed by atoms with Gasteiger partial charge < -0.3 is 9.88 Å². The molecule has 1 aromatic rings. The van der Waals surface area contributed by atoms with E-state index in [0.29, 0.717) is 14.9 Å². The highest BCUT2D eigenvalue weighted by molar-refractivity contribution is 7.17. The first-order valence-electron chi connectivity index (χ1n) is 7.24. The molecule has 0 saturated carbocycles. The van der Waals surface area contributed by atoms with Gasteiger partial charge in [0.25, 0.3) is 0 Å². The predicted molar refractivity (Wildman–Crippen MR) is 98.0 cm³/mol. The van der Waals surface area contributed by atoms with Gasteiger partial charge in [-0.25, -0.2) is 0 Å². The summed E-state index contributed by atoms with van der Waals surface area (Å²) in [4.78, 5) is 22.1. The van der Waals surface area contributed by atoms with Crippen molar-refractivity contribution in [3.8, 4) is 0 Å². The van der Waals surface area contributed by atoms with Crippen molar-refractivity contribution in [2.24, 2.45) is 4.99 Å². The number of aryl methyl sites for hydroxylation is 2. The lowest BCUT2D eigenvalue weighted by Crippen LogP contribution is -2.28. The molecule has 3 rings (SSSR count). The Kier molecular flexibility index (Phi) is 3.94. The first-order chi connectivity index (χ1) is 10.8. The van der Waals surface area contributed by atoms with Gasteiger partial charge in [-0.1, -0.05) is 11.6 Å². The van der Waals surface area contributed by atoms with Crippen LogP contribution in [0.15, 0.2) is 21.9 Å². The quantitative estimate of drug-likeness (QED) is 0.735. The highest BCUT2D eigenvalue weighted by atomic mass is 35.5. The molecule has 0 amide bonds. The summed E-state index contributed by atoms with van der Waals surface area (Å²) in [6, 6.07) is 4.04. The smallest absolute Gasteiger partial charge is 0.223 e. The number of hydrogen-bond acceptors (Lipinski definition) is 4. The van der Waals surface area contributed by atoms with Crippen molar-refractivity contribution in [1.82, 2.24) is 4.98 Å². The van der Waals surface area contributed by atoms with Crippen LogP contribution in [0, 0.1) is 23.7 Å². The van der Waals surface area contributed by atoms with Crippen molar-refractivity contribution in [3.05, 3.63) is 53.7 Å². The van der Waals surface area contributed by atoms with Crippen LogP contribution in [0.5, 0.6) is 0 Å². The number of fused-ring (bicyclic) bond motifs is 1. The van der Waals surface area contributed by atoms with E-state index in [9.17, 15) is 4.79 Å². The number of anilines is 1. The molecule has 0 unspecified atom stereocenters. The van der Waals surface area contributed by atoms with Crippen LogP contribution >= 0.6 is 22.9 Å². The van der Waals surface area contributed by atoms with E-state index >= 15 is 0 Å². The molecule has 6 heteroatoms. The zero-order chi connectivity index (χ0) is 16.9. The third-order valence-electron chi connectivity index (χ3n) is 3.93. The maximum Gasteiger partial charge on any atom is 0.223 e. The number of halogens is 1. The Balaban J connectivity index is 2.59. The molecule has 120 valence electrons. The third kappa shape index (κ3) is 2.44. The number of nitrogens with zero attached hydrogens (tertiary/aromatic N) is 2. The molecule has 0 radical (unpaired) electrons. The summed E-state index contributed by atoms with van der Waals surface area (Å²) in [5.41, 5.74) is 3.84. The largest absolute Gasteiger partial charge is 0.376 e. The summed E-state index contributed by atoms with van der Waals surface area (Å²) in [7, 11) is 5.57. The maximum absolute atomic E-state index is 12.7. The first kappa shape index (κ1) is 16.0.